The minimum Gasteiger partial charge on any atom is -0.490 e. The van der Waals surface area contributed by atoms with Gasteiger partial charge in [-0.25, -0.2) is 8.78 Å². The molecule has 146 valence electrons. The van der Waals surface area contributed by atoms with Gasteiger partial charge in [0.15, 0.2) is 5.78 Å². The number of carbonyl (C=O) groups is 1. The highest BCUT2D eigenvalue weighted by atomic mass is 35.5. The molecule has 0 amide bonds. The van der Waals surface area contributed by atoms with Crippen LogP contribution in [0.2, 0.25) is 0 Å². The van der Waals surface area contributed by atoms with E-state index in [1.54, 1.807) is 12.1 Å². The Hall–Kier alpha value is -1.98. The maximum atomic E-state index is 13.1. The normalized spacial score (nSPS) is 15.6. The number of carbonyl (C=O) groups excluding carboxylic acids is 1. The molecule has 0 aromatic heterocycles. The van der Waals surface area contributed by atoms with Gasteiger partial charge in [0, 0.05) is 12.0 Å². The number of benzene rings is 2. The fourth-order valence-corrected chi connectivity index (χ4v) is 3.35. The molecule has 1 atom stereocenters. The standard InChI is InChI=1S/C21H23F2NO2.ClH/c22-17-3-1-15(2-4-17)20(25)9-10-21(16-11-13-24-14-12-16)26-19-7-5-18(23)6-8-19;/h1-8,16,21,24H,9-14H2;1H. The minimum absolute atomic E-state index is 0. The van der Waals surface area contributed by atoms with Crippen LogP contribution < -0.4 is 10.1 Å². The second kappa shape index (κ2) is 10.4. The first-order chi connectivity index (χ1) is 12.6. The summed E-state index contributed by atoms with van der Waals surface area (Å²) in [5, 5.41) is 3.33. The molecule has 1 N–H and O–H groups in total. The van der Waals surface area contributed by atoms with Gasteiger partial charge in [0.1, 0.15) is 23.5 Å². The topological polar surface area (TPSA) is 38.3 Å². The number of ether oxygens (including phenoxy) is 1. The average molecular weight is 396 g/mol. The molecule has 1 aliphatic rings. The lowest BCUT2D eigenvalue weighted by molar-refractivity contribution is 0.0850. The zero-order chi connectivity index (χ0) is 18.4. The van der Waals surface area contributed by atoms with Gasteiger partial charge in [-0.15, -0.1) is 12.4 Å². The molecular formula is C21H24ClF2NO2. The van der Waals surface area contributed by atoms with Crippen molar-refractivity contribution in [3.05, 3.63) is 65.7 Å². The molecule has 3 nitrogen and oxygen atoms in total. The molecule has 1 fully saturated rings. The third kappa shape index (κ3) is 6.29. The van der Waals surface area contributed by atoms with Crippen molar-refractivity contribution in [2.24, 2.45) is 5.92 Å². The summed E-state index contributed by atoms with van der Waals surface area (Å²) in [4.78, 5) is 12.4. The Morgan fingerprint density at radius 1 is 1.00 bits per heavy atom. The first kappa shape index (κ1) is 21.3. The summed E-state index contributed by atoms with van der Waals surface area (Å²) in [6.07, 6.45) is 2.78. The predicted molar refractivity (Wildman–Crippen MR) is 104 cm³/mol. The van der Waals surface area contributed by atoms with E-state index in [1.165, 1.54) is 36.4 Å². The molecule has 0 saturated carbocycles. The van der Waals surface area contributed by atoms with Crippen LogP contribution in [0, 0.1) is 17.6 Å². The third-order valence-electron chi connectivity index (χ3n) is 4.83. The number of rotatable bonds is 7. The molecule has 0 aliphatic carbocycles. The van der Waals surface area contributed by atoms with Crippen LogP contribution in [0.3, 0.4) is 0 Å². The summed E-state index contributed by atoms with van der Waals surface area (Å²) in [6, 6.07) is 11.6. The van der Waals surface area contributed by atoms with E-state index < -0.39 is 0 Å². The largest absolute Gasteiger partial charge is 0.490 e. The molecule has 1 heterocycles. The Balaban J connectivity index is 0.00000261. The highest BCUT2D eigenvalue weighted by Crippen LogP contribution is 2.26. The maximum absolute atomic E-state index is 13.1. The molecule has 2 aromatic rings. The zero-order valence-corrected chi connectivity index (χ0v) is 15.8. The smallest absolute Gasteiger partial charge is 0.163 e. The second-order valence-electron chi connectivity index (χ2n) is 6.67. The van der Waals surface area contributed by atoms with Crippen molar-refractivity contribution < 1.29 is 18.3 Å². The number of hydrogen-bond acceptors (Lipinski definition) is 3. The van der Waals surface area contributed by atoms with Gasteiger partial charge in [0.25, 0.3) is 0 Å². The lowest BCUT2D eigenvalue weighted by Gasteiger charge is -2.31. The number of piperidine rings is 1. The lowest BCUT2D eigenvalue weighted by Crippen LogP contribution is -2.37. The van der Waals surface area contributed by atoms with Crippen LogP contribution in [0.4, 0.5) is 8.78 Å². The minimum atomic E-state index is -0.353. The van der Waals surface area contributed by atoms with Gasteiger partial charge in [-0.3, -0.25) is 4.79 Å². The van der Waals surface area contributed by atoms with E-state index in [2.05, 4.69) is 5.32 Å². The summed E-state index contributed by atoms with van der Waals surface area (Å²) >= 11 is 0. The Labute approximate surface area is 164 Å². The van der Waals surface area contributed by atoms with Crippen LogP contribution in [-0.2, 0) is 0 Å². The highest BCUT2D eigenvalue weighted by Gasteiger charge is 2.26. The first-order valence-electron chi connectivity index (χ1n) is 9.03. The van der Waals surface area contributed by atoms with Gasteiger partial charge in [-0.05, 0) is 86.8 Å². The van der Waals surface area contributed by atoms with Gasteiger partial charge in [-0.1, -0.05) is 0 Å². The maximum Gasteiger partial charge on any atom is 0.163 e. The highest BCUT2D eigenvalue weighted by molar-refractivity contribution is 5.96. The number of nitrogens with one attached hydrogen (secondary N) is 1. The zero-order valence-electron chi connectivity index (χ0n) is 15.0. The van der Waals surface area contributed by atoms with Crippen molar-refractivity contribution in [3.8, 4) is 5.75 Å². The average Bonchev–Trinajstić information content (AvgIpc) is 2.67. The Morgan fingerprint density at radius 2 is 1.56 bits per heavy atom. The molecule has 0 spiro atoms. The van der Waals surface area contributed by atoms with Gasteiger partial charge >= 0.3 is 0 Å². The summed E-state index contributed by atoms with van der Waals surface area (Å²) in [6.45, 7) is 1.86. The van der Waals surface area contributed by atoms with Gasteiger partial charge in [0.2, 0.25) is 0 Å². The Bertz CT molecular complexity index is 716. The van der Waals surface area contributed by atoms with Crippen LogP contribution in [0.15, 0.2) is 48.5 Å². The number of hydrogen-bond donors (Lipinski definition) is 1. The van der Waals surface area contributed by atoms with Crippen LogP contribution >= 0.6 is 12.4 Å². The molecular weight excluding hydrogens is 372 g/mol. The molecule has 3 rings (SSSR count). The van der Waals surface area contributed by atoms with Crippen molar-refractivity contribution in [1.82, 2.24) is 5.32 Å². The SMILES string of the molecule is Cl.O=C(CCC(Oc1ccc(F)cc1)C1CCNCC1)c1ccc(F)cc1. The number of halogens is 3. The molecule has 0 bridgehead atoms. The molecule has 1 saturated heterocycles. The van der Waals surface area contributed by atoms with Crippen LogP contribution in [0.25, 0.3) is 0 Å². The van der Waals surface area contributed by atoms with Gasteiger partial charge in [0.05, 0.1) is 0 Å². The Morgan fingerprint density at radius 3 is 2.15 bits per heavy atom. The van der Waals surface area contributed by atoms with E-state index >= 15 is 0 Å². The van der Waals surface area contributed by atoms with E-state index in [1.807, 2.05) is 0 Å². The number of ketones is 1. The van der Waals surface area contributed by atoms with Crippen molar-refractivity contribution in [3.63, 3.8) is 0 Å². The van der Waals surface area contributed by atoms with Crippen molar-refractivity contribution in [2.75, 3.05) is 13.1 Å². The van der Waals surface area contributed by atoms with Crippen LogP contribution in [0.1, 0.15) is 36.0 Å². The summed E-state index contributed by atoms with van der Waals surface area (Å²) in [5.41, 5.74) is 0.511. The van der Waals surface area contributed by atoms with Gasteiger partial charge < -0.3 is 10.1 Å². The summed E-state index contributed by atoms with van der Waals surface area (Å²) < 4.78 is 32.2. The fourth-order valence-electron chi connectivity index (χ4n) is 3.35. The van der Waals surface area contributed by atoms with Crippen molar-refractivity contribution in [1.29, 1.82) is 0 Å². The molecule has 1 aliphatic heterocycles. The molecule has 27 heavy (non-hydrogen) atoms. The van der Waals surface area contributed by atoms with E-state index in [0.717, 1.165) is 25.9 Å². The lowest BCUT2D eigenvalue weighted by atomic mass is 9.88. The quantitative estimate of drug-likeness (QED) is 0.684. The van der Waals surface area contributed by atoms with Crippen LogP contribution in [0.5, 0.6) is 5.75 Å². The summed E-state index contributed by atoms with van der Waals surface area (Å²) in [7, 11) is 0. The van der Waals surface area contributed by atoms with E-state index in [4.69, 9.17) is 4.74 Å². The number of Topliss-reactive ketones (excluding diaryl/α,β-unsaturated/α-hetero) is 1. The Kier molecular flexibility index (Phi) is 8.20. The van der Waals surface area contributed by atoms with Crippen LogP contribution in [-0.4, -0.2) is 25.0 Å². The molecule has 1 unspecified atom stereocenters. The van der Waals surface area contributed by atoms with Crippen molar-refractivity contribution in [2.45, 2.75) is 31.8 Å². The monoisotopic (exact) mass is 395 g/mol. The van der Waals surface area contributed by atoms with E-state index in [-0.39, 0.29) is 35.9 Å². The molecule has 2 aromatic carbocycles. The second-order valence-corrected chi connectivity index (χ2v) is 6.67. The third-order valence-corrected chi connectivity index (χ3v) is 4.83. The molecule has 6 heteroatoms. The predicted octanol–water partition coefficient (Wildman–Crippen LogP) is 4.80. The summed E-state index contributed by atoms with van der Waals surface area (Å²) in [5.74, 6) is 0.286. The van der Waals surface area contributed by atoms with E-state index in [9.17, 15) is 13.6 Å². The fraction of sp³-hybridized carbons (Fsp3) is 0.381. The molecule has 0 radical (unpaired) electrons. The van der Waals surface area contributed by atoms with E-state index in [0.29, 0.717) is 30.1 Å². The first-order valence-corrected chi connectivity index (χ1v) is 9.03. The van der Waals surface area contributed by atoms with Crippen molar-refractivity contribution >= 4 is 18.2 Å². The van der Waals surface area contributed by atoms with Gasteiger partial charge in [-0.2, -0.15) is 0 Å².